The fourth-order valence-electron chi connectivity index (χ4n) is 6.59. The number of unbranched alkanes of at least 4 members (excludes halogenated alkanes) is 3. The first-order valence-electron chi connectivity index (χ1n) is 18.0. The summed E-state index contributed by atoms with van der Waals surface area (Å²) < 4.78 is 0. The Bertz CT molecular complexity index is 1850. The molecule has 0 N–H and O–H groups in total. The van der Waals surface area contributed by atoms with E-state index in [1.165, 1.54) is 57.4 Å². The van der Waals surface area contributed by atoms with Gasteiger partial charge in [-0.25, -0.2) is 0 Å². The van der Waals surface area contributed by atoms with Gasteiger partial charge in [0.1, 0.15) is 0 Å². The second-order valence-electron chi connectivity index (χ2n) is 13.4. The van der Waals surface area contributed by atoms with Crippen molar-refractivity contribution in [2.75, 3.05) is 0 Å². The van der Waals surface area contributed by atoms with E-state index in [1.807, 2.05) is 12.1 Å². The van der Waals surface area contributed by atoms with Gasteiger partial charge in [-0.1, -0.05) is 192 Å². The minimum Gasteiger partial charge on any atom is -0.197 e. The van der Waals surface area contributed by atoms with Gasteiger partial charge in [-0.3, -0.25) is 0 Å². The number of allylic oxidation sites excluding steroid dienone is 8. The van der Waals surface area contributed by atoms with Crippen molar-refractivity contribution in [3.8, 4) is 34.4 Å². The molecule has 0 radical (unpaired) electrons. The predicted molar refractivity (Wildman–Crippen MR) is 207 cm³/mol. The van der Waals surface area contributed by atoms with Crippen molar-refractivity contribution >= 4 is 11.1 Å². The molecule has 49 heavy (non-hydrogen) atoms. The van der Waals surface area contributed by atoms with Gasteiger partial charge < -0.3 is 0 Å². The Morgan fingerprint density at radius 3 is 1.18 bits per heavy atom. The van der Waals surface area contributed by atoms with E-state index in [9.17, 15) is 10.5 Å². The molecule has 2 atom stereocenters. The summed E-state index contributed by atoms with van der Waals surface area (Å²) in [5.41, 5.74) is 9.21. The minimum atomic E-state index is -0.303. The zero-order chi connectivity index (χ0) is 34.4. The van der Waals surface area contributed by atoms with Gasteiger partial charge in [0.25, 0.3) is 0 Å². The Labute approximate surface area is 294 Å². The molecule has 0 saturated heterocycles. The molecule has 0 bridgehead atoms. The summed E-state index contributed by atoms with van der Waals surface area (Å²) in [5, 5.41) is 19.2. The van der Waals surface area contributed by atoms with E-state index in [0.29, 0.717) is 0 Å². The van der Waals surface area contributed by atoms with Gasteiger partial charge in [-0.15, -0.1) is 0 Å². The first kappa shape index (κ1) is 35.1. The molecule has 2 unspecified atom stereocenters. The highest BCUT2D eigenvalue weighted by Gasteiger charge is 2.28. The highest BCUT2D eigenvalue weighted by molar-refractivity contribution is 5.78. The van der Waals surface area contributed by atoms with Gasteiger partial charge in [-0.2, -0.15) is 10.5 Å². The van der Waals surface area contributed by atoms with Crippen molar-refractivity contribution in [3.63, 3.8) is 0 Å². The van der Waals surface area contributed by atoms with Gasteiger partial charge in [0.15, 0.2) is 0 Å². The maximum Gasteiger partial charge on any atom is 0.0791 e. The standard InChI is InChI=1S/C24H25N.C23H23N/c1-2-3-7-16-24(19-25)17-14-23(15-18-24)22-12-10-21(11-13-22)20-8-5-4-6-9-20;1-2-3-15-23(18-24)16-13-22(14-17-23)21-11-9-20(10-12-21)19-7-5-4-6-8-19/h4-6,8-15,17H,2-3,7,16,18H2,1H3;4-14,16H,2-3,15,17H2,1H3. The molecule has 4 aromatic carbocycles. The summed E-state index contributed by atoms with van der Waals surface area (Å²) in [6.45, 7) is 4.38. The average Bonchev–Trinajstić information content (AvgIpc) is 3.19. The summed E-state index contributed by atoms with van der Waals surface area (Å²) >= 11 is 0. The molecule has 2 aliphatic carbocycles. The lowest BCUT2D eigenvalue weighted by atomic mass is 9.76. The Morgan fingerprint density at radius 2 is 0.837 bits per heavy atom. The van der Waals surface area contributed by atoms with Gasteiger partial charge in [-0.05, 0) is 70.2 Å². The Balaban J connectivity index is 0.000000191. The van der Waals surface area contributed by atoms with Crippen molar-refractivity contribution in [1.82, 2.24) is 0 Å². The topological polar surface area (TPSA) is 47.6 Å². The van der Waals surface area contributed by atoms with E-state index >= 15 is 0 Å². The molecule has 0 spiro atoms. The second-order valence-corrected chi connectivity index (χ2v) is 13.4. The van der Waals surface area contributed by atoms with Gasteiger partial charge in [0, 0.05) is 0 Å². The van der Waals surface area contributed by atoms with Crippen LogP contribution in [0.3, 0.4) is 0 Å². The van der Waals surface area contributed by atoms with E-state index < -0.39 is 0 Å². The molecule has 0 aromatic heterocycles. The molecule has 2 heteroatoms. The van der Waals surface area contributed by atoms with Crippen LogP contribution in [0.5, 0.6) is 0 Å². The van der Waals surface area contributed by atoms with Crippen LogP contribution in [-0.4, -0.2) is 0 Å². The van der Waals surface area contributed by atoms with E-state index in [2.05, 4.69) is 160 Å². The van der Waals surface area contributed by atoms with Crippen molar-refractivity contribution in [3.05, 3.63) is 157 Å². The van der Waals surface area contributed by atoms with Crippen LogP contribution in [-0.2, 0) is 0 Å². The van der Waals surface area contributed by atoms with Crippen molar-refractivity contribution in [2.24, 2.45) is 10.8 Å². The van der Waals surface area contributed by atoms with Crippen molar-refractivity contribution in [1.29, 1.82) is 10.5 Å². The second kappa shape index (κ2) is 17.3. The number of rotatable bonds is 11. The fraction of sp³-hybridized carbons (Fsp3) is 0.277. The van der Waals surface area contributed by atoms with Crippen LogP contribution in [0, 0.1) is 33.5 Å². The first-order chi connectivity index (χ1) is 24.0. The monoisotopic (exact) mass is 640 g/mol. The van der Waals surface area contributed by atoms with Crippen LogP contribution in [0.4, 0.5) is 0 Å². The first-order valence-corrected chi connectivity index (χ1v) is 18.0. The highest BCUT2D eigenvalue weighted by Crippen LogP contribution is 2.38. The molecule has 0 heterocycles. The summed E-state index contributed by atoms with van der Waals surface area (Å²) in [5.74, 6) is 0. The van der Waals surface area contributed by atoms with Crippen molar-refractivity contribution in [2.45, 2.75) is 71.6 Å². The van der Waals surface area contributed by atoms with E-state index in [1.54, 1.807) is 0 Å². The lowest BCUT2D eigenvalue weighted by Crippen LogP contribution is -2.16. The molecule has 246 valence electrons. The van der Waals surface area contributed by atoms with Crippen LogP contribution in [0.2, 0.25) is 0 Å². The third-order valence-electron chi connectivity index (χ3n) is 9.84. The minimum absolute atomic E-state index is 0.302. The summed E-state index contributed by atoms with van der Waals surface area (Å²) in [7, 11) is 0. The lowest BCUT2D eigenvalue weighted by molar-refractivity contribution is 0.439. The number of benzene rings is 4. The number of hydrogen-bond donors (Lipinski definition) is 0. The molecular weight excluding hydrogens is 593 g/mol. The summed E-state index contributed by atoms with van der Waals surface area (Å²) in [6, 6.07) is 43.3. The molecule has 0 fully saturated rings. The number of nitrogens with zero attached hydrogens (tertiary/aromatic N) is 2. The SMILES string of the molecule is CCCCC1(C#N)C=CC(c2ccc(-c3ccccc3)cc2)=CC1.CCCCCC1(C#N)C=CC(c2ccc(-c3ccccc3)cc2)=CC1. The molecule has 0 saturated carbocycles. The van der Waals surface area contributed by atoms with Crippen LogP contribution in [0.1, 0.15) is 82.8 Å². The highest BCUT2D eigenvalue weighted by atomic mass is 14.4. The maximum absolute atomic E-state index is 9.63. The predicted octanol–water partition coefficient (Wildman–Crippen LogP) is 13.2. The van der Waals surface area contributed by atoms with E-state index in [4.69, 9.17) is 0 Å². The molecule has 6 rings (SSSR count). The normalized spacial score (nSPS) is 19.4. The molecule has 4 aromatic rings. The number of hydrogen-bond acceptors (Lipinski definition) is 2. The Morgan fingerprint density at radius 1 is 0.469 bits per heavy atom. The molecule has 0 aliphatic heterocycles. The fourth-order valence-corrected chi connectivity index (χ4v) is 6.59. The van der Waals surface area contributed by atoms with Gasteiger partial charge in [0.2, 0.25) is 0 Å². The van der Waals surface area contributed by atoms with Crippen molar-refractivity contribution < 1.29 is 0 Å². The Hall–Kier alpha value is -5.18. The van der Waals surface area contributed by atoms with Crippen LogP contribution < -0.4 is 0 Å². The van der Waals surface area contributed by atoms with E-state index in [-0.39, 0.29) is 10.8 Å². The zero-order valence-electron chi connectivity index (χ0n) is 29.1. The van der Waals surface area contributed by atoms with Gasteiger partial charge in [0.05, 0.1) is 23.0 Å². The summed E-state index contributed by atoms with van der Waals surface area (Å²) in [6.07, 6.45) is 22.3. The van der Waals surface area contributed by atoms with Crippen LogP contribution in [0.15, 0.2) is 146 Å². The lowest BCUT2D eigenvalue weighted by Gasteiger charge is -2.25. The Kier molecular flexibility index (Phi) is 12.4. The molecular formula is C47H48N2. The zero-order valence-corrected chi connectivity index (χ0v) is 29.1. The van der Waals surface area contributed by atoms with Crippen LogP contribution >= 0.6 is 0 Å². The molecule has 2 aliphatic rings. The quantitative estimate of drug-likeness (QED) is 0.153. The smallest absolute Gasteiger partial charge is 0.0791 e. The van der Waals surface area contributed by atoms with E-state index in [0.717, 1.165) is 44.9 Å². The van der Waals surface area contributed by atoms with Gasteiger partial charge >= 0.3 is 0 Å². The largest absolute Gasteiger partial charge is 0.197 e. The average molecular weight is 641 g/mol. The number of nitriles is 2. The molecule has 2 nitrogen and oxygen atoms in total. The third kappa shape index (κ3) is 9.25. The maximum atomic E-state index is 9.63. The third-order valence-corrected chi connectivity index (χ3v) is 9.84. The molecule has 0 amide bonds. The summed E-state index contributed by atoms with van der Waals surface area (Å²) in [4.78, 5) is 0. The van der Waals surface area contributed by atoms with Crippen LogP contribution in [0.25, 0.3) is 33.4 Å².